The van der Waals surface area contributed by atoms with Crippen LogP contribution < -0.4 is 10.1 Å². The predicted octanol–water partition coefficient (Wildman–Crippen LogP) is 8.16. The highest BCUT2D eigenvalue weighted by molar-refractivity contribution is 5.83. The van der Waals surface area contributed by atoms with Crippen molar-refractivity contribution < 1.29 is 29.3 Å². The number of nitrogens with zero attached hydrogens (tertiary/aromatic N) is 2. The largest absolute Gasteiger partial charge is 0.494 e. The van der Waals surface area contributed by atoms with Gasteiger partial charge in [-0.15, -0.1) is 0 Å². The van der Waals surface area contributed by atoms with E-state index in [9.17, 15) is 14.4 Å². The number of aliphatic carboxylic acids is 2. The van der Waals surface area contributed by atoms with Crippen LogP contribution in [0.25, 0.3) is 0 Å². The molecule has 0 aromatic heterocycles. The molecule has 2 aromatic rings. The third-order valence-electron chi connectivity index (χ3n) is 6.97. The normalized spacial score (nSPS) is 11.8. The summed E-state index contributed by atoms with van der Waals surface area (Å²) in [5.41, 5.74) is 2.97. The van der Waals surface area contributed by atoms with Crippen molar-refractivity contribution in [1.29, 1.82) is 0 Å². The van der Waals surface area contributed by atoms with Crippen LogP contribution in [0.1, 0.15) is 102 Å². The SMILES string of the molecule is CCCCCc1ccc(N=Nc2ccc(OCCCCCCCCCCC(=O)N[C@@H](CCC(=O)O)C(=O)O)cc2)cc1. The van der Waals surface area contributed by atoms with Gasteiger partial charge in [0.15, 0.2) is 0 Å². The first kappa shape index (κ1) is 34.5. The lowest BCUT2D eigenvalue weighted by Crippen LogP contribution is -2.41. The highest BCUT2D eigenvalue weighted by Gasteiger charge is 2.20. The van der Waals surface area contributed by atoms with Gasteiger partial charge in [-0.3, -0.25) is 9.59 Å². The first-order valence-electron chi connectivity index (χ1n) is 15.3. The minimum absolute atomic E-state index is 0.115. The van der Waals surface area contributed by atoms with E-state index in [2.05, 4.69) is 34.6 Å². The number of hydrogen-bond acceptors (Lipinski definition) is 6. The van der Waals surface area contributed by atoms with Crippen LogP contribution in [0, 0.1) is 0 Å². The van der Waals surface area contributed by atoms with Gasteiger partial charge >= 0.3 is 11.9 Å². The summed E-state index contributed by atoms with van der Waals surface area (Å²) in [5, 5.41) is 28.9. The van der Waals surface area contributed by atoms with Crippen LogP contribution in [0.15, 0.2) is 58.8 Å². The molecule has 9 heteroatoms. The summed E-state index contributed by atoms with van der Waals surface area (Å²) in [7, 11) is 0. The third kappa shape index (κ3) is 15.9. The number of rotatable bonds is 23. The maximum atomic E-state index is 11.9. The Hall–Kier alpha value is -3.75. The molecule has 1 atom stereocenters. The molecule has 0 aliphatic heterocycles. The molecule has 0 saturated heterocycles. The number of carbonyl (C=O) groups excluding carboxylic acids is 1. The number of nitrogens with one attached hydrogen (secondary N) is 1. The van der Waals surface area contributed by atoms with Gasteiger partial charge in [-0.1, -0.05) is 70.4 Å². The van der Waals surface area contributed by atoms with Crippen LogP contribution in [0.5, 0.6) is 5.75 Å². The fraction of sp³-hybridized carbons (Fsp3) is 0.545. The zero-order valence-corrected chi connectivity index (χ0v) is 24.9. The third-order valence-corrected chi connectivity index (χ3v) is 6.97. The van der Waals surface area contributed by atoms with Gasteiger partial charge in [0, 0.05) is 12.8 Å². The first-order valence-corrected chi connectivity index (χ1v) is 15.3. The molecule has 0 fully saturated rings. The van der Waals surface area contributed by atoms with Crippen LogP contribution in [-0.4, -0.2) is 40.7 Å². The molecule has 3 N–H and O–H groups in total. The summed E-state index contributed by atoms with van der Waals surface area (Å²) in [6, 6.07) is 14.8. The number of unbranched alkanes of at least 4 members (excludes halogenated alkanes) is 9. The second kappa shape index (κ2) is 21.0. The predicted molar refractivity (Wildman–Crippen MR) is 164 cm³/mol. The second-order valence-electron chi connectivity index (χ2n) is 10.6. The summed E-state index contributed by atoms with van der Waals surface area (Å²) < 4.78 is 5.85. The van der Waals surface area contributed by atoms with Gasteiger partial charge in [0.2, 0.25) is 5.91 Å². The van der Waals surface area contributed by atoms with Crippen LogP contribution in [0.4, 0.5) is 11.4 Å². The molecule has 0 unspecified atom stereocenters. The van der Waals surface area contributed by atoms with Gasteiger partial charge in [-0.05, 0) is 74.1 Å². The molecule has 0 spiro atoms. The molecular formula is C33H47N3O6. The molecule has 1 amide bonds. The van der Waals surface area contributed by atoms with E-state index in [0.29, 0.717) is 13.0 Å². The molecule has 2 aromatic carbocycles. The number of ether oxygens (including phenoxy) is 1. The van der Waals surface area contributed by atoms with Crippen LogP contribution in [0.3, 0.4) is 0 Å². The number of carboxylic acids is 2. The van der Waals surface area contributed by atoms with E-state index in [0.717, 1.165) is 68.5 Å². The Morgan fingerprint density at radius 3 is 1.88 bits per heavy atom. The smallest absolute Gasteiger partial charge is 0.326 e. The lowest BCUT2D eigenvalue weighted by Gasteiger charge is -2.13. The summed E-state index contributed by atoms with van der Waals surface area (Å²) >= 11 is 0. The average molecular weight is 582 g/mol. The molecule has 0 aliphatic carbocycles. The number of benzene rings is 2. The quantitative estimate of drug-likeness (QED) is 0.0894. The Bertz CT molecular complexity index is 1090. The highest BCUT2D eigenvalue weighted by Crippen LogP contribution is 2.22. The molecule has 9 nitrogen and oxygen atoms in total. The van der Waals surface area contributed by atoms with Crippen LogP contribution >= 0.6 is 0 Å². The Morgan fingerprint density at radius 2 is 1.31 bits per heavy atom. The number of hydrogen-bond donors (Lipinski definition) is 3. The van der Waals surface area contributed by atoms with E-state index in [4.69, 9.17) is 14.9 Å². The number of carboxylic acid groups (broad SMARTS) is 2. The summed E-state index contributed by atoms with van der Waals surface area (Å²) in [5.74, 6) is -1.81. The van der Waals surface area contributed by atoms with E-state index in [1.807, 2.05) is 36.4 Å². The molecule has 2 rings (SSSR count). The Kier molecular flexibility index (Phi) is 17.2. The Labute approximate surface area is 249 Å². The summed E-state index contributed by atoms with van der Waals surface area (Å²) in [4.78, 5) is 33.7. The summed E-state index contributed by atoms with van der Waals surface area (Å²) in [6.07, 6.45) is 12.7. The van der Waals surface area contributed by atoms with Crippen molar-refractivity contribution in [1.82, 2.24) is 5.32 Å². The molecule has 0 bridgehead atoms. The van der Waals surface area contributed by atoms with Crippen molar-refractivity contribution in [2.75, 3.05) is 6.61 Å². The fourth-order valence-electron chi connectivity index (χ4n) is 4.46. The number of azo groups is 1. The van der Waals surface area contributed by atoms with Gasteiger partial charge in [-0.2, -0.15) is 10.2 Å². The Morgan fingerprint density at radius 1 is 0.738 bits per heavy atom. The zero-order valence-electron chi connectivity index (χ0n) is 24.9. The first-order chi connectivity index (χ1) is 20.4. The second-order valence-corrected chi connectivity index (χ2v) is 10.6. The minimum atomic E-state index is -1.21. The van der Waals surface area contributed by atoms with Crippen molar-refractivity contribution in [3.05, 3.63) is 54.1 Å². The fourth-order valence-corrected chi connectivity index (χ4v) is 4.46. The highest BCUT2D eigenvalue weighted by atomic mass is 16.5. The van der Waals surface area contributed by atoms with E-state index in [1.54, 1.807) is 0 Å². The zero-order chi connectivity index (χ0) is 30.4. The van der Waals surface area contributed by atoms with Gasteiger partial charge in [0.05, 0.1) is 18.0 Å². The Balaban J connectivity index is 1.49. The topological polar surface area (TPSA) is 138 Å². The lowest BCUT2D eigenvalue weighted by atomic mass is 10.1. The van der Waals surface area contributed by atoms with Gasteiger partial charge in [0.25, 0.3) is 0 Å². The molecule has 0 radical (unpaired) electrons. The van der Waals surface area contributed by atoms with Crippen molar-refractivity contribution in [3.8, 4) is 5.75 Å². The average Bonchev–Trinajstić information content (AvgIpc) is 2.98. The monoisotopic (exact) mass is 581 g/mol. The maximum Gasteiger partial charge on any atom is 0.326 e. The van der Waals surface area contributed by atoms with E-state index >= 15 is 0 Å². The maximum absolute atomic E-state index is 11.9. The van der Waals surface area contributed by atoms with Crippen LogP contribution in [-0.2, 0) is 20.8 Å². The van der Waals surface area contributed by atoms with Gasteiger partial charge < -0.3 is 20.3 Å². The number of aryl methyl sites for hydroxylation is 1. The van der Waals surface area contributed by atoms with Gasteiger partial charge in [0.1, 0.15) is 11.8 Å². The number of amides is 1. The van der Waals surface area contributed by atoms with E-state index in [1.165, 1.54) is 24.8 Å². The summed E-state index contributed by atoms with van der Waals surface area (Å²) in [6.45, 7) is 2.89. The molecular weight excluding hydrogens is 534 g/mol. The van der Waals surface area contributed by atoms with Gasteiger partial charge in [-0.25, -0.2) is 4.79 Å². The molecule has 42 heavy (non-hydrogen) atoms. The van der Waals surface area contributed by atoms with Crippen molar-refractivity contribution >= 4 is 29.2 Å². The molecule has 0 saturated carbocycles. The van der Waals surface area contributed by atoms with Crippen molar-refractivity contribution in [2.45, 2.75) is 109 Å². The van der Waals surface area contributed by atoms with E-state index < -0.39 is 18.0 Å². The van der Waals surface area contributed by atoms with E-state index in [-0.39, 0.29) is 25.2 Å². The lowest BCUT2D eigenvalue weighted by molar-refractivity contribution is -0.143. The molecule has 0 heterocycles. The van der Waals surface area contributed by atoms with Crippen LogP contribution in [0.2, 0.25) is 0 Å². The van der Waals surface area contributed by atoms with Crippen molar-refractivity contribution in [3.63, 3.8) is 0 Å². The minimum Gasteiger partial charge on any atom is -0.494 e. The van der Waals surface area contributed by atoms with Crippen molar-refractivity contribution in [2.24, 2.45) is 10.2 Å². The molecule has 0 aliphatic rings. The molecule has 230 valence electrons. The standard InChI is InChI=1S/C33H47N3O6/c1-2-3-10-13-26-15-17-27(18-16-26)35-36-28-19-21-29(22-20-28)42-25-12-9-7-5-4-6-8-11-14-31(37)34-30(33(40)41)23-24-32(38)39/h15-22,30H,2-14,23-25H2,1H3,(H,34,37)(H,38,39)(H,40,41)/t30-/m0/s1. The number of carbonyl (C=O) groups is 3.